The van der Waals surface area contributed by atoms with Crippen molar-refractivity contribution < 1.29 is 14.3 Å². The number of phenolic OH excluding ortho intramolecular Hbond substituents is 1. The van der Waals surface area contributed by atoms with Gasteiger partial charge in [0, 0.05) is 25.0 Å². The summed E-state index contributed by atoms with van der Waals surface area (Å²) in [6, 6.07) is 14.7. The molecule has 1 aliphatic heterocycles. The minimum absolute atomic E-state index is 0.0947. The number of piperidine rings is 1. The van der Waals surface area contributed by atoms with Gasteiger partial charge < -0.3 is 14.3 Å². The van der Waals surface area contributed by atoms with E-state index in [0.29, 0.717) is 28.8 Å². The molecule has 2 aromatic heterocycles. The predicted octanol–water partition coefficient (Wildman–Crippen LogP) is 6.18. The first kappa shape index (κ1) is 21.7. The lowest BCUT2D eigenvalue weighted by Crippen LogP contribution is -2.33. The molecule has 0 aliphatic carbocycles. The number of fused-ring (bicyclic) bond motifs is 1. The van der Waals surface area contributed by atoms with Crippen molar-refractivity contribution in [3.63, 3.8) is 0 Å². The second-order valence-corrected chi connectivity index (χ2v) is 9.02. The Morgan fingerprint density at radius 3 is 2.82 bits per heavy atom. The van der Waals surface area contributed by atoms with E-state index < -0.39 is 0 Å². The maximum Gasteiger partial charge on any atom is 0.235 e. The number of para-hydroxylation sites is 1. The highest BCUT2D eigenvalue weighted by molar-refractivity contribution is 9.10. The Bertz CT molecular complexity index is 1340. The summed E-state index contributed by atoms with van der Waals surface area (Å²) in [4.78, 5) is 19.8. The van der Waals surface area contributed by atoms with Crippen molar-refractivity contribution in [2.24, 2.45) is 0 Å². The molecule has 0 unspecified atom stereocenters. The van der Waals surface area contributed by atoms with E-state index in [1.165, 1.54) is 6.26 Å². The van der Waals surface area contributed by atoms with Gasteiger partial charge in [-0.3, -0.25) is 14.7 Å². The summed E-state index contributed by atoms with van der Waals surface area (Å²) in [5.41, 5.74) is 1.86. The average molecular weight is 507 g/mol. The third-order valence-electron chi connectivity index (χ3n) is 6.09. The minimum Gasteiger partial charge on any atom is -0.507 e. The number of hydrogen-bond acceptors (Lipinski definition) is 6. The topological polar surface area (TPSA) is 75.8 Å². The maximum absolute atomic E-state index is 13.2. The molecule has 3 heterocycles. The highest BCUT2D eigenvalue weighted by Crippen LogP contribution is 2.36. The Kier molecular flexibility index (Phi) is 6.15. The van der Waals surface area contributed by atoms with E-state index >= 15 is 0 Å². The van der Waals surface area contributed by atoms with Crippen molar-refractivity contribution in [2.45, 2.75) is 31.8 Å². The first-order valence-electron chi connectivity index (χ1n) is 10.9. The molecule has 0 bridgehead atoms. The number of nitrogens with zero attached hydrogens (tertiary/aromatic N) is 2. The molecule has 7 heteroatoms. The molecule has 1 fully saturated rings. The van der Waals surface area contributed by atoms with Gasteiger partial charge in [-0.2, -0.15) is 0 Å². The standard InChI is InChI=1S/C26H23BrN2O4/c27-20-7-1-2-9-23(20)33-24-16-32-26-18(25(24)31)10-11-22(30)19(26)15-29-13-4-3-8-21(29)17-6-5-12-28-14-17/h1-2,5-7,9-12,14,16,21,30H,3-4,8,13,15H2/t21-/m0/s1. The lowest BCUT2D eigenvalue weighted by atomic mass is 9.95. The van der Waals surface area contributed by atoms with Gasteiger partial charge in [-0.25, -0.2) is 0 Å². The number of aromatic nitrogens is 1. The molecule has 33 heavy (non-hydrogen) atoms. The minimum atomic E-state index is -0.282. The second kappa shape index (κ2) is 9.37. The number of likely N-dealkylation sites (tertiary alicyclic amines) is 1. The van der Waals surface area contributed by atoms with E-state index in [9.17, 15) is 9.90 Å². The molecule has 6 nitrogen and oxygen atoms in total. The van der Waals surface area contributed by atoms with Crippen LogP contribution in [0, 0.1) is 0 Å². The molecule has 0 amide bonds. The summed E-state index contributed by atoms with van der Waals surface area (Å²) in [5.74, 6) is 0.730. The first-order valence-corrected chi connectivity index (χ1v) is 11.7. The van der Waals surface area contributed by atoms with Crippen LogP contribution in [0.15, 0.2) is 80.9 Å². The zero-order valence-electron chi connectivity index (χ0n) is 17.9. The molecule has 1 N–H and O–H groups in total. The number of phenols is 1. The lowest BCUT2D eigenvalue weighted by Gasteiger charge is -2.36. The van der Waals surface area contributed by atoms with Crippen LogP contribution in [0.25, 0.3) is 11.0 Å². The van der Waals surface area contributed by atoms with Crippen LogP contribution in [-0.4, -0.2) is 21.5 Å². The average Bonchev–Trinajstić information content (AvgIpc) is 2.85. The SMILES string of the molecule is O=c1c(Oc2ccccc2Br)coc2c(CN3CCCC[C@H]3c3cccnc3)c(O)ccc12. The molecule has 4 aromatic rings. The van der Waals surface area contributed by atoms with Crippen molar-refractivity contribution in [3.8, 4) is 17.2 Å². The monoisotopic (exact) mass is 506 g/mol. The zero-order valence-corrected chi connectivity index (χ0v) is 19.5. The molecule has 5 rings (SSSR count). The summed E-state index contributed by atoms with van der Waals surface area (Å²) in [6.45, 7) is 1.36. The van der Waals surface area contributed by atoms with Gasteiger partial charge in [0.25, 0.3) is 0 Å². The van der Waals surface area contributed by atoms with Crippen LogP contribution in [0.1, 0.15) is 36.4 Å². The third kappa shape index (κ3) is 4.38. The van der Waals surface area contributed by atoms with E-state index in [1.54, 1.807) is 24.4 Å². The number of hydrogen-bond donors (Lipinski definition) is 1. The van der Waals surface area contributed by atoms with Crippen LogP contribution in [0.4, 0.5) is 0 Å². The fourth-order valence-electron chi connectivity index (χ4n) is 4.43. The van der Waals surface area contributed by atoms with Gasteiger partial charge in [0.1, 0.15) is 23.3 Å². The summed E-state index contributed by atoms with van der Waals surface area (Å²) in [5, 5.41) is 11.1. The number of ether oxygens (including phenoxy) is 1. The molecule has 0 radical (unpaired) electrons. The van der Waals surface area contributed by atoms with Crippen LogP contribution in [0.2, 0.25) is 0 Å². The van der Waals surface area contributed by atoms with Crippen LogP contribution in [-0.2, 0) is 6.54 Å². The lowest BCUT2D eigenvalue weighted by molar-refractivity contribution is 0.139. The molecule has 0 spiro atoms. The Balaban J connectivity index is 1.50. The molecule has 1 saturated heterocycles. The van der Waals surface area contributed by atoms with Crippen molar-refractivity contribution in [1.29, 1.82) is 0 Å². The van der Waals surface area contributed by atoms with E-state index in [-0.39, 0.29) is 23.0 Å². The normalized spacial score (nSPS) is 16.7. The van der Waals surface area contributed by atoms with Gasteiger partial charge in [-0.05, 0) is 71.2 Å². The van der Waals surface area contributed by atoms with Crippen LogP contribution in [0.5, 0.6) is 17.2 Å². The van der Waals surface area contributed by atoms with E-state index in [0.717, 1.165) is 35.8 Å². The number of aromatic hydroxyl groups is 1. The highest BCUT2D eigenvalue weighted by atomic mass is 79.9. The molecular weight excluding hydrogens is 484 g/mol. The van der Waals surface area contributed by atoms with Crippen LogP contribution < -0.4 is 10.2 Å². The zero-order chi connectivity index (χ0) is 22.8. The smallest absolute Gasteiger partial charge is 0.235 e. The van der Waals surface area contributed by atoms with Crippen molar-refractivity contribution >= 4 is 26.9 Å². The van der Waals surface area contributed by atoms with Crippen molar-refractivity contribution in [1.82, 2.24) is 9.88 Å². The Morgan fingerprint density at radius 1 is 1.12 bits per heavy atom. The number of benzene rings is 2. The summed E-state index contributed by atoms with van der Waals surface area (Å²) in [7, 11) is 0. The number of rotatable bonds is 5. The molecular formula is C26H23BrN2O4. The Labute approximate surface area is 199 Å². The highest BCUT2D eigenvalue weighted by Gasteiger charge is 2.26. The molecule has 1 atom stereocenters. The maximum atomic E-state index is 13.2. The largest absolute Gasteiger partial charge is 0.507 e. The van der Waals surface area contributed by atoms with Crippen molar-refractivity contribution in [3.05, 3.63) is 93.0 Å². The second-order valence-electron chi connectivity index (χ2n) is 8.17. The third-order valence-corrected chi connectivity index (χ3v) is 6.74. The fourth-order valence-corrected chi connectivity index (χ4v) is 4.80. The molecule has 1 aliphatic rings. The number of pyridine rings is 1. The van der Waals surface area contributed by atoms with Gasteiger partial charge in [0.2, 0.25) is 11.2 Å². The first-order chi connectivity index (χ1) is 16.1. The van der Waals surface area contributed by atoms with E-state index in [4.69, 9.17) is 9.15 Å². The quantitative estimate of drug-likeness (QED) is 0.348. The predicted molar refractivity (Wildman–Crippen MR) is 130 cm³/mol. The van der Waals surface area contributed by atoms with Crippen LogP contribution in [0.3, 0.4) is 0 Å². The van der Waals surface area contributed by atoms with Gasteiger partial charge in [-0.1, -0.05) is 24.6 Å². The van der Waals surface area contributed by atoms with Gasteiger partial charge in [0.05, 0.1) is 15.4 Å². The van der Waals surface area contributed by atoms with Gasteiger partial charge >= 0.3 is 0 Å². The Hall–Kier alpha value is -3.16. The molecule has 168 valence electrons. The van der Waals surface area contributed by atoms with Gasteiger partial charge in [0.15, 0.2) is 0 Å². The fraction of sp³-hybridized carbons (Fsp3) is 0.231. The molecule has 0 saturated carbocycles. The number of halogens is 1. The summed E-state index contributed by atoms with van der Waals surface area (Å²) in [6.07, 6.45) is 8.23. The molecule has 2 aromatic carbocycles. The summed E-state index contributed by atoms with van der Waals surface area (Å²) < 4.78 is 12.4. The summed E-state index contributed by atoms with van der Waals surface area (Å²) >= 11 is 3.43. The van der Waals surface area contributed by atoms with E-state index in [1.807, 2.05) is 30.5 Å². The van der Waals surface area contributed by atoms with E-state index in [2.05, 4.69) is 31.9 Å². The van der Waals surface area contributed by atoms with Gasteiger partial charge in [-0.15, -0.1) is 0 Å². The van der Waals surface area contributed by atoms with Crippen LogP contribution >= 0.6 is 15.9 Å². The Morgan fingerprint density at radius 2 is 2.00 bits per heavy atom. The van der Waals surface area contributed by atoms with Crippen molar-refractivity contribution in [2.75, 3.05) is 6.54 Å².